The second kappa shape index (κ2) is 9.05. The smallest absolute Gasteiger partial charge is 0.226 e. The number of rotatable bonds is 6. The van der Waals surface area contributed by atoms with Crippen molar-refractivity contribution in [2.24, 2.45) is 0 Å². The van der Waals surface area contributed by atoms with E-state index in [0.29, 0.717) is 35.4 Å². The quantitative estimate of drug-likeness (QED) is 0.379. The van der Waals surface area contributed by atoms with E-state index in [-0.39, 0.29) is 18.2 Å². The number of nitrogens with one attached hydrogen (secondary N) is 1. The van der Waals surface area contributed by atoms with Crippen molar-refractivity contribution >= 4 is 17.4 Å². The van der Waals surface area contributed by atoms with Crippen LogP contribution in [-0.4, -0.2) is 42.6 Å². The summed E-state index contributed by atoms with van der Waals surface area (Å²) in [4.78, 5) is 13.0. The third-order valence-corrected chi connectivity index (χ3v) is 6.71. The van der Waals surface area contributed by atoms with Gasteiger partial charge in [-0.25, -0.2) is 0 Å². The Morgan fingerprint density at radius 1 is 1.05 bits per heavy atom. The SMILES string of the molecule is COc1cccc([C@H]2CC(=O)Nc3c2c(C)nn3-c2ccc3nncn3n2)c1OCc1ccccc1C. The first kappa shape index (κ1) is 22.7. The zero-order valence-electron chi connectivity index (χ0n) is 20.7. The highest BCUT2D eigenvalue weighted by Crippen LogP contribution is 2.46. The van der Waals surface area contributed by atoms with Crippen molar-refractivity contribution in [3.63, 3.8) is 0 Å². The fourth-order valence-electron chi connectivity index (χ4n) is 4.85. The number of nitrogens with zero attached hydrogens (tertiary/aromatic N) is 6. The van der Waals surface area contributed by atoms with Gasteiger partial charge in [-0.1, -0.05) is 36.4 Å². The molecule has 1 aliphatic heterocycles. The largest absolute Gasteiger partial charge is 0.493 e. The van der Waals surface area contributed by atoms with E-state index in [1.54, 1.807) is 28.4 Å². The number of amides is 1. The summed E-state index contributed by atoms with van der Waals surface area (Å²) in [6, 6.07) is 17.5. The lowest BCUT2D eigenvalue weighted by molar-refractivity contribution is -0.116. The molecular formula is C27H25N7O3. The average Bonchev–Trinajstić information content (AvgIpc) is 3.51. The molecule has 4 heterocycles. The van der Waals surface area contributed by atoms with Gasteiger partial charge < -0.3 is 14.8 Å². The lowest BCUT2D eigenvalue weighted by atomic mass is 9.85. The summed E-state index contributed by atoms with van der Waals surface area (Å²) in [6.45, 7) is 4.38. The summed E-state index contributed by atoms with van der Waals surface area (Å²) in [5.41, 5.74) is 5.43. The molecule has 0 radical (unpaired) electrons. The van der Waals surface area contributed by atoms with E-state index >= 15 is 0 Å². The second-order valence-electron chi connectivity index (χ2n) is 8.98. The Bertz CT molecular complexity index is 1640. The predicted molar refractivity (Wildman–Crippen MR) is 136 cm³/mol. The molecule has 0 spiro atoms. The molecular weight excluding hydrogens is 470 g/mol. The molecule has 10 nitrogen and oxygen atoms in total. The molecule has 0 saturated heterocycles. The molecule has 3 aromatic heterocycles. The Hall–Kier alpha value is -4.73. The highest BCUT2D eigenvalue weighted by molar-refractivity contribution is 5.95. The van der Waals surface area contributed by atoms with Crippen molar-refractivity contribution in [2.45, 2.75) is 32.8 Å². The Balaban J connectivity index is 1.44. The van der Waals surface area contributed by atoms with Crippen molar-refractivity contribution in [1.82, 2.24) is 29.6 Å². The normalized spacial score (nSPS) is 14.9. The van der Waals surface area contributed by atoms with Crippen molar-refractivity contribution in [3.05, 3.63) is 88.9 Å². The van der Waals surface area contributed by atoms with Crippen LogP contribution >= 0.6 is 0 Å². The van der Waals surface area contributed by atoms with Gasteiger partial charge in [0.05, 0.1) is 12.8 Å². The summed E-state index contributed by atoms with van der Waals surface area (Å²) in [7, 11) is 1.62. The molecule has 0 fully saturated rings. The number of fused-ring (bicyclic) bond motifs is 2. The maximum atomic E-state index is 13.0. The number of carbonyl (C=O) groups excluding carboxylic acids is 1. The number of aryl methyl sites for hydroxylation is 2. The van der Waals surface area contributed by atoms with Gasteiger partial charge >= 0.3 is 0 Å². The fourth-order valence-corrected chi connectivity index (χ4v) is 4.85. The van der Waals surface area contributed by atoms with E-state index in [2.05, 4.69) is 33.6 Å². The molecule has 6 rings (SSSR count). The van der Waals surface area contributed by atoms with E-state index in [1.807, 2.05) is 43.3 Å². The Labute approximate surface area is 212 Å². The van der Waals surface area contributed by atoms with Crippen molar-refractivity contribution in [2.75, 3.05) is 12.4 Å². The Morgan fingerprint density at radius 2 is 1.92 bits per heavy atom. The predicted octanol–water partition coefficient (Wildman–Crippen LogP) is 3.99. The van der Waals surface area contributed by atoms with Crippen LogP contribution in [-0.2, 0) is 11.4 Å². The molecule has 2 aromatic carbocycles. The van der Waals surface area contributed by atoms with Crippen LogP contribution in [0.1, 0.15) is 40.3 Å². The van der Waals surface area contributed by atoms with Crippen LogP contribution in [0, 0.1) is 13.8 Å². The zero-order valence-corrected chi connectivity index (χ0v) is 20.7. The molecule has 10 heteroatoms. The van der Waals surface area contributed by atoms with Gasteiger partial charge in [0.15, 0.2) is 23.0 Å². The van der Waals surface area contributed by atoms with E-state index < -0.39 is 0 Å². The first-order valence-electron chi connectivity index (χ1n) is 11.9. The summed E-state index contributed by atoms with van der Waals surface area (Å²) < 4.78 is 15.3. The summed E-state index contributed by atoms with van der Waals surface area (Å²) >= 11 is 0. The number of aromatic nitrogens is 6. The van der Waals surface area contributed by atoms with Gasteiger partial charge in [-0.15, -0.1) is 15.3 Å². The van der Waals surface area contributed by atoms with Gasteiger partial charge in [-0.3, -0.25) is 4.79 Å². The molecule has 1 N–H and O–H groups in total. The van der Waals surface area contributed by atoms with E-state index in [9.17, 15) is 4.79 Å². The molecule has 1 aliphatic rings. The molecule has 1 amide bonds. The number of methoxy groups -OCH3 is 1. The van der Waals surface area contributed by atoms with Gasteiger partial charge in [0, 0.05) is 23.5 Å². The Kier molecular flexibility index (Phi) is 5.56. The monoisotopic (exact) mass is 495 g/mol. The van der Waals surface area contributed by atoms with Gasteiger partial charge in [0.1, 0.15) is 18.8 Å². The van der Waals surface area contributed by atoms with Crippen molar-refractivity contribution in [3.8, 4) is 17.3 Å². The van der Waals surface area contributed by atoms with E-state index in [4.69, 9.17) is 14.6 Å². The third kappa shape index (κ3) is 3.96. The minimum Gasteiger partial charge on any atom is -0.493 e. The average molecular weight is 496 g/mol. The van der Waals surface area contributed by atoms with Crippen molar-refractivity contribution < 1.29 is 14.3 Å². The molecule has 186 valence electrons. The standard InChI is InChI=1S/C27H25N7O3/c1-16-7-4-5-8-18(16)14-37-26-19(9-6-10-21(26)36-3)20-13-24(35)29-27-25(20)17(2)31-34(27)23-12-11-22-30-28-15-33(22)32-23/h4-12,15,20H,13-14H2,1-3H3,(H,29,35)/t20-/m1/s1. The maximum Gasteiger partial charge on any atom is 0.226 e. The summed E-state index contributed by atoms with van der Waals surface area (Å²) in [5.74, 6) is 1.97. The molecule has 0 bridgehead atoms. The summed E-state index contributed by atoms with van der Waals surface area (Å²) in [6.07, 6.45) is 1.78. The number of para-hydroxylation sites is 1. The van der Waals surface area contributed by atoms with Crippen LogP contribution in [0.25, 0.3) is 11.5 Å². The molecule has 1 atom stereocenters. The highest BCUT2D eigenvalue weighted by Gasteiger charge is 2.35. The topological polar surface area (TPSA) is 108 Å². The van der Waals surface area contributed by atoms with E-state index in [1.165, 1.54) is 6.33 Å². The first-order chi connectivity index (χ1) is 18.0. The van der Waals surface area contributed by atoms with E-state index in [0.717, 1.165) is 27.9 Å². The number of anilines is 1. The van der Waals surface area contributed by atoms with Gasteiger partial charge in [0.25, 0.3) is 0 Å². The van der Waals surface area contributed by atoms with Crippen LogP contribution in [0.15, 0.2) is 60.9 Å². The zero-order chi connectivity index (χ0) is 25.5. The molecule has 37 heavy (non-hydrogen) atoms. The fraction of sp³-hybridized carbons (Fsp3) is 0.222. The summed E-state index contributed by atoms with van der Waals surface area (Å²) in [5, 5.41) is 20.2. The van der Waals surface area contributed by atoms with Gasteiger partial charge in [-0.05, 0) is 43.2 Å². The van der Waals surface area contributed by atoms with Gasteiger partial charge in [0.2, 0.25) is 5.91 Å². The van der Waals surface area contributed by atoms with Crippen LogP contribution in [0.5, 0.6) is 11.5 Å². The number of benzene rings is 2. The van der Waals surface area contributed by atoms with Gasteiger partial charge in [-0.2, -0.15) is 14.3 Å². The number of hydrogen-bond acceptors (Lipinski definition) is 7. The van der Waals surface area contributed by atoms with Crippen LogP contribution in [0.2, 0.25) is 0 Å². The minimum atomic E-state index is -0.280. The number of ether oxygens (including phenoxy) is 2. The maximum absolute atomic E-state index is 13.0. The Morgan fingerprint density at radius 3 is 2.76 bits per heavy atom. The minimum absolute atomic E-state index is 0.114. The van der Waals surface area contributed by atoms with Crippen LogP contribution in [0.3, 0.4) is 0 Å². The lowest BCUT2D eigenvalue weighted by Crippen LogP contribution is -2.25. The third-order valence-electron chi connectivity index (χ3n) is 6.71. The molecule has 0 saturated carbocycles. The first-order valence-corrected chi connectivity index (χ1v) is 11.9. The lowest BCUT2D eigenvalue weighted by Gasteiger charge is -2.26. The highest BCUT2D eigenvalue weighted by atomic mass is 16.5. The van der Waals surface area contributed by atoms with Crippen molar-refractivity contribution in [1.29, 1.82) is 0 Å². The molecule has 0 unspecified atom stereocenters. The number of carbonyl (C=O) groups is 1. The number of hydrogen-bond donors (Lipinski definition) is 1. The molecule has 5 aromatic rings. The van der Waals surface area contributed by atoms with Crippen LogP contribution < -0.4 is 14.8 Å². The molecule has 0 aliphatic carbocycles. The second-order valence-corrected chi connectivity index (χ2v) is 8.98. The van der Waals surface area contributed by atoms with Crippen LogP contribution in [0.4, 0.5) is 5.82 Å².